The zero-order valence-corrected chi connectivity index (χ0v) is 18.2. The first kappa shape index (κ1) is 20.9. The van der Waals surface area contributed by atoms with Crippen LogP contribution < -0.4 is 21.5 Å². The van der Waals surface area contributed by atoms with Gasteiger partial charge in [0.15, 0.2) is 12.2 Å². The van der Waals surface area contributed by atoms with Crippen LogP contribution in [0.4, 0.5) is 0 Å². The van der Waals surface area contributed by atoms with Gasteiger partial charge in [-0.2, -0.15) is 0 Å². The van der Waals surface area contributed by atoms with Crippen LogP contribution in [0.1, 0.15) is 17.8 Å². The van der Waals surface area contributed by atoms with E-state index >= 15 is 0 Å². The fourth-order valence-corrected chi connectivity index (χ4v) is 3.75. The highest BCUT2D eigenvalue weighted by atomic mass is 79.9. The molecule has 1 aliphatic heterocycles. The van der Waals surface area contributed by atoms with E-state index in [9.17, 15) is 4.79 Å². The highest BCUT2D eigenvalue weighted by Gasteiger charge is 2.30. The van der Waals surface area contributed by atoms with Gasteiger partial charge in [-0.3, -0.25) is 0 Å². The van der Waals surface area contributed by atoms with Crippen molar-refractivity contribution in [2.75, 3.05) is 0 Å². The highest BCUT2D eigenvalue weighted by molar-refractivity contribution is 6.42. The van der Waals surface area contributed by atoms with Crippen molar-refractivity contribution < 1.29 is 31.1 Å². The van der Waals surface area contributed by atoms with Gasteiger partial charge in [-0.1, -0.05) is 53.5 Å². The number of hydrogen-bond donors (Lipinski definition) is 0. The molecule has 2 heterocycles. The zero-order chi connectivity index (χ0) is 18.8. The number of fused-ring (bicyclic) bond motifs is 1. The molecule has 1 aliphatic rings. The summed E-state index contributed by atoms with van der Waals surface area (Å²) in [7, 11) is 0. The van der Waals surface area contributed by atoms with Gasteiger partial charge in [-0.15, -0.1) is 0 Å². The number of nitrogens with zero attached hydrogens (tertiary/aromatic N) is 2. The van der Waals surface area contributed by atoms with Crippen molar-refractivity contribution in [3.8, 4) is 11.3 Å². The largest absolute Gasteiger partial charge is 1.00 e. The average molecular weight is 482 g/mol. The van der Waals surface area contributed by atoms with Crippen molar-refractivity contribution in [3.05, 3.63) is 76.2 Å². The average Bonchev–Trinajstić information content (AvgIpc) is 3.27. The number of esters is 1. The number of imidazole rings is 1. The second kappa shape index (κ2) is 9.12. The minimum Gasteiger partial charge on any atom is -1.00 e. The Morgan fingerprint density at radius 3 is 2.64 bits per heavy atom. The van der Waals surface area contributed by atoms with Crippen molar-refractivity contribution >= 4 is 29.2 Å². The zero-order valence-electron chi connectivity index (χ0n) is 15.1. The summed E-state index contributed by atoms with van der Waals surface area (Å²) in [6.45, 7) is 1.41. The molecule has 146 valence electrons. The van der Waals surface area contributed by atoms with Crippen LogP contribution in [0.3, 0.4) is 0 Å². The predicted molar refractivity (Wildman–Crippen MR) is 105 cm³/mol. The van der Waals surface area contributed by atoms with Gasteiger partial charge in [-0.25, -0.2) is 13.9 Å². The molecule has 3 aromatic rings. The van der Waals surface area contributed by atoms with E-state index in [2.05, 4.69) is 4.57 Å². The molecule has 0 amide bonds. The molecule has 28 heavy (non-hydrogen) atoms. The molecule has 2 aromatic carbocycles. The number of benzene rings is 2. The van der Waals surface area contributed by atoms with E-state index in [1.165, 1.54) is 0 Å². The van der Waals surface area contributed by atoms with E-state index in [4.69, 9.17) is 27.9 Å². The third-order valence-electron chi connectivity index (χ3n) is 4.75. The lowest BCUT2D eigenvalue weighted by Crippen LogP contribution is -3.00. The molecular weight excluding hydrogens is 463 g/mol. The van der Waals surface area contributed by atoms with Gasteiger partial charge in [0.25, 0.3) is 5.82 Å². The van der Waals surface area contributed by atoms with Crippen LogP contribution in [0.15, 0.2) is 54.7 Å². The van der Waals surface area contributed by atoms with Crippen LogP contribution in [-0.2, 0) is 35.6 Å². The van der Waals surface area contributed by atoms with E-state index in [0.717, 1.165) is 42.0 Å². The molecule has 1 aromatic heterocycles. The van der Waals surface area contributed by atoms with Crippen LogP contribution in [0.5, 0.6) is 0 Å². The standard InChI is InChI=1S/C21H19Cl2N2O2.BrH/c22-17-9-8-16(11-18(17)23)19-12-24(20-7-4-10-25(19)20)13-21(26)27-14-15-5-2-1-3-6-15;/h1-3,5-6,8-9,11-12H,4,7,10,13-14H2;1H/q+1;/p-1. The van der Waals surface area contributed by atoms with Gasteiger partial charge in [0.1, 0.15) is 12.8 Å². The lowest BCUT2D eigenvalue weighted by Gasteiger charge is -2.04. The van der Waals surface area contributed by atoms with Crippen molar-refractivity contribution in [2.24, 2.45) is 0 Å². The molecule has 4 nitrogen and oxygen atoms in total. The summed E-state index contributed by atoms with van der Waals surface area (Å²) in [4.78, 5) is 12.3. The van der Waals surface area contributed by atoms with Gasteiger partial charge < -0.3 is 21.7 Å². The Balaban J connectivity index is 0.00000225. The first-order valence-corrected chi connectivity index (χ1v) is 9.64. The number of hydrogen-bond acceptors (Lipinski definition) is 2. The number of ether oxygens (including phenoxy) is 1. The summed E-state index contributed by atoms with van der Waals surface area (Å²) >= 11 is 12.2. The molecule has 0 spiro atoms. The maximum absolute atomic E-state index is 12.3. The topological polar surface area (TPSA) is 35.1 Å². The molecule has 0 saturated carbocycles. The fraction of sp³-hybridized carbons (Fsp3) is 0.238. The quantitative estimate of drug-likeness (QED) is 0.408. The molecule has 7 heteroatoms. The van der Waals surface area contributed by atoms with Crippen LogP contribution >= 0.6 is 23.2 Å². The molecule has 0 saturated heterocycles. The molecular formula is C21H19BrCl2N2O2. The Bertz CT molecular complexity index is 990. The maximum Gasteiger partial charge on any atom is 0.348 e. The summed E-state index contributed by atoms with van der Waals surface area (Å²) in [6, 6.07) is 15.3. The monoisotopic (exact) mass is 480 g/mol. The molecule has 0 atom stereocenters. The van der Waals surface area contributed by atoms with E-state index < -0.39 is 0 Å². The van der Waals surface area contributed by atoms with E-state index in [1.54, 1.807) is 6.07 Å². The van der Waals surface area contributed by atoms with Crippen LogP contribution in [0.2, 0.25) is 10.0 Å². The second-order valence-electron chi connectivity index (χ2n) is 6.59. The SMILES string of the molecule is O=C(C[n+]1cc(-c2ccc(Cl)c(Cl)c2)n2c1CCC2)OCc1ccccc1.[Br-]. The Morgan fingerprint density at radius 2 is 1.89 bits per heavy atom. The smallest absolute Gasteiger partial charge is 0.348 e. The number of carbonyl (C=O) groups excluding carboxylic acids is 1. The lowest BCUT2D eigenvalue weighted by molar-refractivity contribution is -0.692. The summed E-state index contributed by atoms with van der Waals surface area (Å²) in [5, 5.41) is 1.06. The van der Waals surface area contributed by atoms with Crippen LogP contribution in [-0.4, -0.2) is 10.5 Å². The Kier molecular flexibility index (Phi) is 6.81. The Morgan fingerprint density at radius 1 is 1.11 bits per heavy atom. The molecule has 0 aliphatic carbocycles. The van der Waals surface area contributed by atoms with Crippen molar-refractivity contribution in [1.29, 1.82) is 0 Å². The Hall–Kier alpha value is -1.82. The van der Waals surface area contributed by atoms with Gasteiger partial charge >= 0.3 is 5.97 Å². The summed E-state index contributed by atoms with van der Waals surface area (Å²) in [5.41, 5.74) is 3.01. The normalized spacial score (nSPS) is 12.4. The predicted octanol–water partition coefficient (Wildman–Crippen LogP) is 1.44. The number of carbonyl (C=O) groups is 1. The maximum atomic E-state index is 12.3. The summed E-state index contributed by atoms with van der Waals surface area (Å²) in [5.74, 6) is 0.887. The molecule has 0 N–H and O–H groups in total. The molecule has 0 radical (unpaired) electrons. The first-order chi connectivity index (χ1) is 13.1. The van der Waals surface area contributed by atoms with Crippen molar-refractivity contribution in [2.45, 2.75) is 32.5 Å². The van der Waals surface area contributed by atoms with Gasteiger partial charge in [0, 0.05) is 5.56 Å². The first-order valence-electron chi connectivity index (χ1n) is 8.88. The lowest BCUT2D eigenvalue weighted by atomic mass is 10.1. The number of aromatic nitrogens is 2. The molecule has 0 fully saturated rings. The van der Waals surface area contributed by atoms with Crippen molar-refractivity contribution in [1.82, 2.24) is 4.57 Å². The minimum atomic E-state index is -0.246. The Labute approximate surface area is 184 Å². The minimum absolute atomic E-state index is 0. The summed E-state index contributed by atoms with van der Waals surface area (Å²) < 4.78 is 9.66. The highest BCUT2D eigenvalue weighted by Crippen LogP contribution is 2.30. The van der Waals surface area contributed by atoms with Gasteiger partial charge in [0.05, 0.1) is 23.0 Å². The number of rotatable bonds is 5. The second-order valence-corrected chi connectivity index (χ2v) is 7.40. The van der Waals surface area contributed by atoms with Crippen LogP contribution in [0.25, 0.3) is 11.3 Å². The third-order valence-corrected chi connectivity index (χ3v) is 5.49. The third kappa shape index (κ3) is 4.43. The molecule has 4 rings (SSSR count). The van der Waals surface area contributed by atoms with E-state index in [1.807, 2.05) is 53.2 Å². The van der Waals surface area contributed by atoms with Gasteiger partial charge in [-0.05, 0) is 30.2 Å². The van der Waals surface area contributed by atoms with Crippen LogP contribution in [0, 0.1) is 0 Å². The molecule has 0 unspecified atom stereocenters. The summed E-state index contributed by atoms with van der Waals surface area (Å²) in [6.07, 6.45) is 3.99. The van der Waals surface area contributed by atoms with Gasteiger partial charge in [0.2, 0.25) is 0 Å². The van der Waals surface area contributed by atoms with E-state index in [-0.39, 0.29) is 36.1 Å². The molecule has 0 bridgehead atoms. The van der Waals surface area contributed by atoms with Crippen molar-refractivity contribution in [3.63, 3.8) is 0 Å². The fourth-order valence-electron chi connectivity index (χ4n) is 3.45. The van der Waals surface area contributed by atoms with E-state index in [0.29, 0.717) is 10.0 Å². The number of halogens is 3.